The summed E-state index contributed by atoms with van der Waals surface area (Å²) in [6.45, 7) is 0. The first kappa shape index (κ1) is 12.7. The second kappa shape index (κ2) is 4.64. The van der Waals surface area contributed by atoms with Crippen molar-refractivity contribution in [2.45, 2.75) is 12.3 Å². The maximum Gasteiger partial charge on any atom is 0.258 e. The van der Waals surface area contributed by atoms with Crippen LogP contribution in [0.3, 0.4) is 0 Å². The third kappa shape index (κ3) is 2.14. The third-order valence-corrected chi connectivity index (χ3v) is 3.46. The molecule has 1 aromatic heterocycles. The molecule has 102 valence electrons. The van der Waals surface area contributed by atoms with E-state index < -0.39 is 0 Å². The SMILES string of the molecule is Nc1nc2c(c(=O)[nH]1)[C@@H](c1cccc(Cl)c1)CC(=O)N2. The quantitative estimate of drug-likeness (QED) is 0.740. The summed E-state index contributed by atoms with van der Waals surface area (Å²) >= 11 is 5.97. The number of hydrogen-bond acceptors (Lipinski definition) is 4. The van der Waals surface area contributed by atoms with Gasteiger partial charge in [0.05, 0.1) is 5.56 Å². The Morgan fingerprint density at radius 2 is 2.15 bits per heavy atom. The van der Waals surface area contributed by atoms with Crippen LogP contribution < -0.4 is 16.6 Å². The second-order valence-electron chi connectivity index (χ2n) is 4.57. The van der Waals surface area contributed by atoms with Crippen molar-refractivity contribution in [3.05, 3.63) is 50.8 Å². The lowest BCUT2D eigenvalue weighted by molar-refractivity contribution is -0.116. The number of aromatic amines is 1. The number of nitrogen functional groups attached to an aromatic ring is 1. The van der Waals surface area contributed by atoms with Gasteiger partial charge in [-0.15, -0.1) is 0 Å². The highest BCUT2D eigenvalue weighted by Gasteiger charge is 2.30. The van der Waals surface area contributed by atoms with E-state index in [4.69, 9.17) is 17.3 Å². The van der Waals surface area contributed by atoms with Crippen molar-refractivity contribution >= 4 is 29.3 Å². The highest BCUT2D eigenvalue weighted by molar-refractivity contribution is 6.30. The molecule has 1 aliphatic rings. The number of rotatable bonds is 1. The third-order valence-electron chi connectivity index (χ3n) is 3.22. The van der Waals surface area contributed by atoms with Gasteiger partial charge in [-0.25, -0.2) is 0 Å². The van der Waals surface area contributed by atoms with Crippen molar-refractivity contribution in [1.82, 2.24) is 9.97 Å². The standard InChI is InChI=1S/C13H11ClN4O2/c14-7-3-1-2-6(4-7)8-5-9(19)16-11-10(8)12(20)18-13(15)17-11/h1-4,8H,5H2,(H4,15,16,17,18,19,20)/t8-/m1/s1. The fourth-order valence-electron chi connectivity index (χ4n) is 2.40. The average Bonchev–Trinajstić information content (AvgIpc) is 2.36. The van der Waals surface area contributed by atoms with Crippen LogP contribution in [0.1, 0.15) is 23.5 Å². The number of anilines is 2. The van der Waals surface area contributed by atoms with Gasteiger partial charge >= 0.3 is 0 Å². The lowest BCUT2D eigenvalue weighted by atomic mass is 9.87. The number of nitrogens with one attached hydrogen (secondary N) is 2. The Kier molecular flexibility index (Phi) is 2.94. The van der Waals surface area contributed by atoms with E-state index in [1.165, 1.54) is 0 Å². The minimum atomic E-state index is -0.380. The summed E-state index contributed by atoms with van der Waals surface area (Å²) in [6.07, 6.45) is 0.169. The number of benzene rings is 1. The first-order valence-corrected chi connectivity index (χ1v) is 6.37. The molecule has 4 N–H and O–H groups in total. The molecule has 1 atom stereocenters. The van der Waals surface area contributed by atoms with E-state index in [0.717, 1.165) is 5.56 Å². The second-order valence-corrected chi connectivity index (χ2v) is 5.01. The number of halogens is 1. The van der Waals surface area contributed by atoms with E-state index in [1.54, 1.807) is 18.2 Å². The molecule has 1 amide bonds. The van der Waals surface area contributed by atoms with Gasteiger partial charge in [-0.1, -0.05) is 23.7 Å². The molecule has 6 nitrogen and oxygen atoms in total. The van der Waals surface area contributed by atoms with Gasteiger partial charge in [0, 0.05) is 17.4 Å². The van der Waals surface area contributed by atoms with Crippen LogP contribution in [0.25, 0.3) is 0 Å². The lowest BCUT2D eigenvalue weighted by Crippen LogP contribution is -2.31. The Morgan fingerprint density at radius 1 is 1.35 bits per heavy atom. The molecule has 0 unspecified atom stereocenters. The van der Waals surface area contributed by atoms with Crippen molar-refractivity contribution in [3.63, 3.8) is 0 Å². The Labute approximate surface area is 119 Å². The van der Waals surface area contributed by atoms with E-state index in [0.29, 0.717) is 10.6 Å². The molecule has 0 spiro atoms. The highest BCUT2D eigenvalue weighted by atomic mass is 35.5. The summed E-state index contributed by atoms with van der Waals surface area (Å²) in [6, 6.07) is 7.09. The maximum atomic E-state index is 12.1. The summed E-state index contributed by atoms with van der Waals surface area (Å²) in [7, 11) is 0. The van der Waals surface area contributed by atoms with Crippen LogP contribution in [-0.4, -0.2) is 15.9 Å². The van der Waals surface area contributed by atoms with Crippen LogP contribution in [-0.2, 0) is 4.79 Å². The monoisotopic (exact) mass is 290 g/mol. The van der Waals surface area contributed by atoms with Gasteiger partial charge in [-0.3, -0.25) is 14.6 Å². The first-order valence-electron chi connectivity index (χ1n) is 5.99. The molecule has 3 rings (SSSR count). The summed E-state index contributed by atoms with van der Waals surface area (Å²) in [5.41, 5.74) is 6.35. The predicted molar refractivity (Wildman–Crippen MR) is 75.8 cm³/mol. The van der Waals surface area contributed by atoms with Crippen molar-refractivity contribution in [2.75, 3.05) is 11.1 Å². The van der Waals surface area contributed by atoms with Crippen molar-refractivity contribution in [2.24, 2.45) is 0 Å². The van der Waals surface area contributed by atoms with Gasteiger partial charge in [-0.05, 0) is 17.7 Å². The molecular weight excluding hydrogens is 280 g/mol. The number of aromatic nitrogens is 2. The van der Waals surface area contributed by atoms with Crippen LogP contribution in [0.5, 0.6) is 0 Å². The van der Waals surface area contributed by atoms with Crippen LogP contribution in [0.2, 0.25) is 5.02 Å². The van der Waals surface area contributed by atoms with Crippen LogP contribution in [0.15, 0.2) is 29.1 Å². The van der Waals surface area contributed by atoms with Crippen LogP contribution in [0.4, 0.5) is 11.8 Å². The Morgan fingerprint density at radius 3 is 2.90 bits per heavy atom. The molecule has 1 aliphatic heterocycles. The zero-order valence-electron chi connectivity index (χ0n) is 10.3. The Bertz CT molecular complexity index is 756. The molecule has 20 heavy (non-hydrogen) atoms. The topological polar surface area (TPSA) is 101 Å². The number of fused-ring (bicyclic) bond motifs is 1. The molecule has 0 bridgehead atoms. The number of carbonyl (C=O) groups excluding carboxylic acids is 1. The Balaban J connectivity index is 2.20. The van der Waals surface area contributed by atoms with Gasteiger partial charge in [0.25, 0.3) is 5.56 Å². The van der Waals surface area contributed by atoms with Gasteiger partial charge in [0.1, 0.15) is 5.82 Å². The van der Waals surface area contributed by atoms with Crippen molar-refractivity contribution < 1.29 is 4.79 Å². The molecule has 0 radical (unpaired) electrons. The summed E-state index contributed by atoms with van der Waals surface area (Å²) in [4.78, 5) is 30.3. The van der Waals surface area contributed by atoms with E-state index in [1.807, 2.05) is 6.07 Å². The maximum absolute atomic E-state index is 12.1. The number of hydrogen-bond donors (Lipinski definition) is 3. The molecule has 2 aromatic rings. The summed E-state index contributed by atoms with van der Waals surface area (Å²) in [5.74, 6) is -0.400. The molecule has 0 fully saturated rings. The normalized spacial score (nSPS) is 17.4. The zero-order valence-corrected chi connectivity index (χ0v) is 11.1. The fraction of sp³-hybridized carbons (Fsp3) is 0.154. The highest BCUT2D eigenvalue weighted by Crippen LogP contribution is 2.34. The van der Waals surface area contributed by atoms with Gasteiger partial charge in [0.15, 0.2) is 0 Å². The number of carbonyl (C=O) groups is 1. The molecule has 0 saturated heterocycles. The van der Waals surface area contributed by atoms with E-state index in [-0.39, 0.29) is 35.6 Å². The van der Waals surface area contributed by atoms with E-state index in [2.05, 4.69) is 15.3 Å². The largest absolute Gasteiger partial charge is 0.369 e. The average molecular weight is 291 g/mol. The van der Waals surface area contributed by atoms with Gasteiger partial charge in [0.2, 0.25) is 11.9 Å². The molecule has 1 aromatic carbocycles. The van der Waals surface area contributed by atoms with Crippen molar-refractivity contribution in [3.8, 4) is 0 Å². The molecule has 0 saturated carbocycles. The minimum absolute atomic E-state index is 0.0270. The summed E-state index contributed by atoms with van der Waals surface area (Å²) in [5, 5.41) is 3.12. The molecule has 0 aliphatic carbocycles. The lowest BCUT2D eigenvalue weighted by Gasteiger charge is -2.24. The van der Waals surface area contributed by atoms with E-state index >= 15 is 0 Å². The molecule has 7 heteroatoms. The number of H-pyrrole nitrogens is 1. The number of amides is 1. The number of nitrogens with zero attached hydrogens (tertiary/aromatic N) is 1. The predicted octanol–water partition coefficient (Wildman–Crippen LogP) is 1.48. The zero-order chi connectivity index (χ0) is 14.3. The molecular formula is C13H11ClN4O2. The smallest absolute Gasteiger partial charge is 0.258 e. The minimum Gasteiger partial charge on any atom is -0.369 e. The number of nitrogens with two attached hydrogens (primary N) is 1. The van der Waals surface area contributed by atoms with Crippen molar-refractivity contribution in [1.29, 1.82) is 0 Å². The van der Waals surface area contributed by atoms with Gasteiger partial charge in [-0.2, -0.15) is 4.98 Å². The van der Waals surface area contributed by atoms with Gasteiger partial charge < -0.3 is 11.1 Å². The fourth-order valence-corrected chi connectivity index (χ4v) is 2.60. The Hall–Kier alpha value is -2.34. The summed E-state index contributed by atoms with van der Waals surface area (Å²) < 4.78 is 0. The van der Waals surface area contributed by atoms with E-state index in [9.17, 15) is 9.59 Å². The van der Waals surface area contributed by atoms with Crippen LogP contribution >= 0.6 is 11.6 Å². The molecule has 2 heterocycles. The van der Waals surface area contributed by atoms with Crippen LogP contribution in [0, 0.1) is 0 Å². The first-order chi connectivity index (χ1) is 9.54.